The van der Waals surface area contributed by atoms with Gasteiger partial charge < -0.3 is 20.2 Å². The summed E-state index contributed by atoms with van der Waals surface area (Å²) in [7, 11) is 0. The Balaban J connectivity index is 0.000000157. The highest BCUT2D eigenvalue weighted by molar-refractivity contribution is 5.77. The smallest absolute Gasteiger partial charge is 0.277 e. The van der Waals surface area contributed by atoms with E-state index in [0.717, 1.165) is 114 Å². The predicted molar refractivity (Wildman–Crippen MR) is 240 cm³/mol. The molecule has 8 aromatic rings. The molecule has 0 saturated carbocycles. The molecule has 0 unspecified atom stereocenters. The van der Waals surface area contributed by atoms with Crippen LogP contribution in [0.1, 0.15) is 54.9 Å². The largest absolute Gasteiger partial charge is 0.343 e. The number of piperidine rings is 2. The van der Waals surface area contributed by atoms with Crippen LogP contribution in [-0.4, -0.2) is 76.5 Å². The molecule has 6 heterocycles. The van der Waals surface area contributed by atoms with Crippen molar-refractivity contribution < 1.29 is 4.79 Å². The van der Waals surface area contributed by atoms with Gasteiger partial charge in [0.1, 0.15) is 0 Å². The second-order valence-corrected chi connectivity index (χ2v) is 16.7. The third-order valence-electron chi connectivity index (χ3n) is 12.3. The number of imidazole rings is 2. The van der Waals surface area contributed by atoms with E-state index in [2.05, 4.69) is 85.7 Å². The number of aromatic nitrogens is 8. The Morgan fingerprint density at radius 1 is 0.607 bits per heavy atom. The zero-order chi connectivity index (χ0) is 42.0. The van der Waals surface area contributed by atoms with Crippen molar-refractivity contribution >= 4 is 28.0 Å². The fraction of sp³-hybridized carbons (Fsp3) is 0.312. The zero-order valence-corrected chi connectivity index (χ0v) is 34.9. The van der Waals surface area contributed by atoms with Gasteiger partial charge in [-0.1, -0.05) is 83.9 Å². The minimum absolute atomic E-state index is 0.0156. The molecule has 2 fully saturated rings. The molecule has 0 atom stereocenters. The zero-order valence-electron chi connectivity index (χ0n) is 34.9. The van der Waals surface area contributed by atoms with E-state index in [0.29, 0.717) is 30.2 Å². The summed E-state index contributed by atoms with van der Waals surface area (Å²) in [5, 5.41) is 10.1. The Hall–Kier alpha value is -6.73. The number of para-hydroxylation sites is 4. The molecule has 2 aliphatic rings. The first-order valence-electron chi connectivity index (χ1n) is 21.4. The first kappa shape index (κ1) is 39.7. The third-order valence-corrected chi connectivity index (χ3v) is 12.3. The van der Waals surface area contributed by atoms with E-state index in [4.69, 9.17) is 0 Å². The highest BCUT2D eigenvalue weighted by Gasteiger charge is 2.27. The van der Waals surface area contributed by atoms with E-state index in [1.54, 1.807) is 11.6 Å². The van der Waals surface area contributed by atoms with Gasteiger partial charge >= 0.3 is 0 Å². The number of carbonyl (C=O) groups is 1. The maximum atomic E-state index is 13.6. The molecule has 0 aliphatic carbocycles. The van der Waals surface area contributed by atoms with Crippen LogP contribution in [-0.2, 0) is 17.6 Å². The Morgan fingerprint density at radius 2 is 1.03 bits per heavy atom. The minimum atomic E-state index is -0.0753. The molecule has 5 N–H and O–H groups in total. The lowest BCUT2D eigenvalue weighted by molar-refractivity contribution is -0.130. The van der Waals surface area contributed by atoms with Crippen molar-refractivity contribution in [1.29, 1.82) is 0 Å². The summed E-state index contributed by atoms with van der Waals surface area (Å²) in [6.07, 6.45) is 5.47. The molecule has 61 heavy (non-hydrogen) atoms. The van der Waals surface area contributed by atoms with E-state index in [-0.39, 0.29) is 17.0 Å². The second kappa shape index (κ2) is 17.1. The Labute approximate surface area is 353 Å². The molecule has 2 saturated heterocycles. The molecule has 1 amide bonds. The van der Waals surface area contributed by atoms with Crippen molar-refractivity contribution in [1.82, 2.24) is 49.7 Å². The quantitative estimate of drug-likeness (QED) is 0.107. The summed E-state index contributed by atoms with van der Waals surface area (Å²) >= 11 is 0. The average Bonchev–Trinajstić information content (AvgIpc) is 4.06. The van der Waals surface area contributed by atoms with Gasteiger partial charge in [-0.3, -0.25) is 24.6 Å². The average molecular weight is 817 g/mol. The highest BCUT2D eigenvalue weighted by Crippen LogP contribution is 2.29. The summed E-state index contributed by atoms with van der Waals surface area (Å²) in [5.41, 5.74) is 11.1. The molecule has 4 aromatic carbocycles. The van der Waals surface area contributed by atoms with Crippen molar-refractivity contribution in [2.45, 2.75) is 59.3 Å². The van der Waals surface area contributed by atoms with Crippen LogP contribution in [0.4, 0.5) is 0 Å². The molecule has 2 aliphatic heterocycles. The van der Waals surface area contributed by atoms with Crippen LogP contribution in [0, 0.1) is 25.7 Å². The van der Waals surface area contributed by atoms with Gasteiger partial charge in [-0.25, -0.2) is 9.97 Å². The summed E-state index contributed by atoms with van der Waals surface area (Å²) in [4.78, 5) is 56.3. The lowest BCUT2D eigenvalue weighted by Gasteiger charge is -2.31. The molecule has 0 spiro atoms. The van der Waals surface area contributed by atoms with Crippen molar-refractivity contribution in [3.63, 3.8) is 0 Å². The van der Waals surface area contributed by atoms with Crippen molar-refractivity contribution in [3.8, 4) is 34.4 Å². The van der Waals surface area contributed by atoms with Gasteiger partial charge in [-0.2, -0.15) is 9.36 Å². The Morgan fingerprint density at radius 3 is 1.46 bits per heavy atom. The molecular weight excluding hydrogens is 765 g/mol. The molecule has 0 radical (unpaired) electrons. The van der Waals surface area contributed by atoms with E-state index >= 15 is 0 Å². The van der Waals surface area contributed by atoms with Crippen LogP contribution in [0.5, 0.6) is 0 Å². The maximum absolute atomic E-state index is 13.6. The number of rotatable bonds is 8. The van der Waals surface area contributed by atoms with Gasteiger partial charge in [-0.05, 0) is 113 Å². The van der Waals surface area contributed by atoms with Crippen LogP contribution in [0.25, 0.3) is 56.5 Å². The number of hydrogen-bond acceptors (Lipinski definition) is 6. The van der Waals surface area contributed by atoms with Crippen LogP contribution < -0.4 is 16.4 Å². The number of nitrogens with one attached hydrogen (secondary N) is 5. The van der Waals surface area contributed by atoms with Gasteiger partial charge in [0.25, 0.3) is 11.1 Å². The summed E-state index contributed by atoms with van der Waals surface area (Å²) in [5.74, 6) is 2.02. The predicted octanol–water partition coefficient (Wildman–Crippen LogP) is 7.38. The molecule has 10 rings (SSSR count). The van der Waals surface area contributed by atoms with Crippen LogP contribution in [0.2, 0.25) is 0 Å². The molecule has 0 bridgehead atoms. The molecule has 13 heteroatoms. The van der Waals surface area contributed by atoms with Gasteiger partial charge in [0, 0.05) is 31.1 Å². The number of fused-ring (bicyclic) bond motifs is 2. The number of H-pyrrole nitrogens is 4. The fourth-order valence-corrected chi connectivity index (χ4v) is 8.74. The minimum Gasteiger partial charge on any atom is -0.343 e. The fourth-order valence-electron chi connectivity index (χ4n) is 8.74. The van der Waals surface area contributed by atoms with Crippen molar-refractivity contribution in [2.24, 2.45) is 11.8 Å². The van der Waals surface area contributed by atoms with Gasteiger partial charge in [0.05, 0.1) is 33.5 Å². The molecule has 13 nitrogen and oxygen atoms in total. The molecule has 4 aromatic heterocycles. The van der Waals surface area contributed by atoms with Crippen LogP contribution in [0.3, 0.4) is 0 Å². The number of benzene rings is 4. The lowest BCUT2D eigenvalue weighted by Crippen LogP contribution is -2.37. The number of aryl methyl sites for hydroxylation is 2. The summed E-state index contributed by atoms with van der Waals surface area (Å²) < 4.78 is 3.08. The first-order chi connectivity index (χ1) is 29.7. The SMILES string of the molecule is CC(=O)N1CCC(Cc2c(-c3ccc(C)cc3)[nH]n(-c3nc4ccccc4[nH]3)c2=O)CC1.Cc1ccc(-c2[nH]n(-c3nc4ccccc4[nH]3)c(=O)c2CC2CCNCC2)cc1. The second-order valence-electron chi connectivity index (χ2n) is 16.7. The summed E-state index contributed by atoms with van der Waals surface area (Å²) in [6, 6.07) is 32.1. The van der Waals surface area contributed by atoms with Crippen molar-refractivity contribution in [3.05, 3.63) is 140 Å². The van der Waals surface area contributed by atoms with Gasteiger partial charge in [-0.15, -0.1) is 0 Å². The first-order valence-corrected chi connectivity index (χ1v) is 21.4. The number of likely N-dealkylation sites (tertiary alicyclic amines) is 1. The van der Waals surface area contributed by atoms with Crippen molar-refractivity contribution in [2.75, 3.05) is 26.2 Å². The number of amides is 1. The number of aromatic amines is 4. The van der Waals surface area contributed by atoms with Gasteiger partial charge in [0.15, 0.2) is 0 Å². The number of hydrogen-bond donors (Lipinski definition) is 5. The van der Waals surface area contributed by atoms with E-state index < -0.39 is 0 Å². The topological polar surface area (TPSA) is 165 Å². The monoisotopic (exact) mass is 816 g/mol. The number of nitrogens with zero attached hydrogens (tertiary/aromatic N) is 5. The standard InChI is InChI=1S/C25H27N5O2.C23H25N5O/c1-16-7-9-19(10-8-16)23-20(15-18-11-13-29(14-12-18)17(2)31)24(32)30(28-23)25-26-21-5-3-4-6-22(21)27-25;1-15-6-8-17(9-7-15)21-18(14-16-10-12-24-13-11-16)22(29)28(27-21)23-25-19-4-2-3-5-20(19)26-23/h3-10,18,28H,11-15H2,1-2H3,(H,26,27);2-9,16,24,27H,10-14H2,1H3,(H,25,26). The Bertz CT molecular complexity index is 2850. The lowest BCUT2D eigenvalue weighted by atomic mass is 9.89. The molecular formula is C48H52N10O3. The molecule has 312 valence electrons. The van der Waals surface area contributed by atoms with E-state index in [1.807, 2.05) is 65.6 Å². The van der Waals surface area contributed by atoms with E-state index in [9.17, 15) is 14.4 Å². The van der Waals surface area contributed by atoms with Gasteiger partial charge in [0.2, 0.25) is 17.8 Å². The normalized spacial score (nSPS) is 15.0. The van der Waals surface area contributed by atoms with Crippen LogP contribution in [0.15, 0.2) is 107 Å². The highest BCUT2D eigenvalue weighted by atomic mass is 16.2. The van der Waals surface area contributed by atoms with Crippen LogP contribution >= 0.6 is 0 Å². The third kappa shape index (κ3) is 8.38. The maximum Gasteiger partial charge on any atom is 0.277 e. The summed E-state index contributed by atoms with van der Waals surface area (Å²) in [6.45, 7) is 9.29. The van der Waals surface area contributed by atoms with E-state index in [1.165, 1.54) is 15.8 Å². The number of carbonyl (C=O) groups excluding carboxylic acids is 1. The Kier molecular flexibility index (Phi) is 11.1.